The summed E-state index contributed by atoms with van der Waals surface area (Å²) in [6, 6.07) is 1.78. The Balaban J connectivity index is 2.66. The first-order chi connectivity index (χ1) is 8.30. The highest BCUT2D eigenvalue weighted by Gasteiger charge is 2.41. The molecule has 0 spiro atoms. The zero-order valence-corrected chi connectivity index (χ0v) is 10.9. The van der Waals surface area contributed by atoms with E-state index in [1.54, 1.807) is 0 Å². The summed E-state index contributed by atoms with van der Waals surface area (Å²) < 4.78 is 50.6. The Bertz CT molecular complexity index is 574. The zero-order chi connectivity index (χ0) is 13.6. The van der Waals surface area contributed by atoms with Crippen molar-refractivity contribution in [2.45, 2.75) is 29.6 Å². The molecule has 0 saturated heterocycles. The summed E-state index contributed by atoms with van der Waals surface area (Å²) >= 11 is 0. The lowest BCUT2D eigenvalue weighted by Gasteiger charge is -2.41. The van der Waals surface area contributed by atoms with Crippen LogP contribution in [0, 0.1) is 11.6 Å². The Morgan fingerprint density at radius 1 is 1.33 bits per heavy atom. The molecule has 1 aromatic rings. The van der Waals surface area contributed by atoms with Gasteiger partial charge in [-0.05, 0) is 30.5 Å². The number of sulfone groups is 1. The van der Waals surface area contributed by atoms with Crippen LogP contribution < -0.4 is 5.73 Å². The summed E-state index contributed by atoms with van der Waals surface area (Å²) in [4.78, 5) is -0.586. The summed E-state index contributed by atoms with van der Waals surface area (Å²) in [6.07, 6.45) is 3.08. The quantitative estimate of drug-likeness (QED) is 0.914. The fourth-order valence-electron chi connectivity index (χ4n) is 2.41. The van der Waals surface area contributed by atoms with Gasteiger partial charge in [0.1, 0.15) is 16.5 Å². The van der Waals surface area contributed by atoms with E-state index < -0.39 is 31.8 Å². The second-order valence-electron chi connectivity index (χ2n) is 4.88. The van der Waals surface area contributed by atoms with Crippen molar-refractivity contribution < 1.29 is 17.2 Å². The molecule has 2 rings (SSSR count). The van der Waals surface area contributed by atoms with Crippen molar-refractivity contribution in [2.24, 2.45) is 5.73 Å². The standard InChI is InChI=1S/C12H15F2NO2S/c1-18(16,17)10-6-8(13)5-9(11(10)14)12(7-15)3-2-4-12/h5-6H,2-4,7,15H2,1H3. The molecule has 1 saturated carbocycles. The first-order valence-electron chi connectivity index (χ1n) is 5.70. The molecule has 1 fully saturated rings. The summed E-state index contributed by atoms with van der Waals surface area (Å²) in [7, 11) is -3.79. The summed E-state index contributed by atoms with van der Waals surface area (Å²) in [5.74, 6) is -1.60. The van der Waals surface area contributed by atoms with E-state index >= 15 is 0 Å². The van der Waals surface area contributed by atoms with Crippen LogP contribution in [0.2, 0.25) is 0 Å². The number of nitrogens with two attached hydrogens (primary N) is 1. The molecule has 0 heterocycles. The maximum Gasteiger partial charge on any atom is 0.178 e. The van der Waals surface area contributed by atoms with Crippen LogP contribution in [0.5, 0.6) is 0 Å². The molecule has 0 aliphatic heterocycles. The number of hydrogen-bond donors (Lipinski definition) is 1. The van der Waals surface area contributed by atoms with Crippen LogP contribution in [0.15, 0.2) is 17.0 Å². The van der Waals surface area contributed by atoms with Crippen molar-refractivity contribution in [1.29, 1.82) is 0 Å². The maximum absolute atomic E-state index is 14.3. The van der Waals surface area contributed by atoms with Crippen molar-refractivity contribution in [3.63, 3.8) is 0 Å². The molecular weight excluding hydrogens is 260 g/mol. The Kier molecular flexibility index (Phi) is 3.19. The lowest BCUT2D eigenvalue weighted by molar-refractivity contribution is 0.242. The van der Waals surface area contributed by atoms with Crippen LogP contribution in [0.3, 0.4) is 0 Å². The zero-order valence-electron chi connectivity index (χ0n) is 10.0. The van der Waals surface area contributed by atoms with E-state index in [4.69, 9.17) is 5.73 Å². The first kappa shape index (κ1) is 13.4. The third-order valence-corrected chi connectivity index (χ3v) is 4.77. The molecule has 0 bridgehead atoms. The highest BCUT2D eigenvalue weighted by molar-refractivity contribution is 7.90. The van der Waals surface area contributed by atoms with Gasteiger partial charge in [-0.3, -0.25) is 0 Å². The van der Waals surface area contributed by atoms with Gasteiger partial charge in [0, 0.05) is 18.2 Å². The molecule has 2 N–H and O–H groups in total. The minimum atomic E-state index is -3.79. The van der Waals surface area contributed by atoms with Gasteiger partial charge in [-0.25, -0.2) is 17.2 Å². The van der Waals surface area contributed by atoms with Crippen LogP contribution >= 0.6 is 0 Å². The normalized spacial score (nSPS) is 18.4. The Morgan fingerprint density at radius 3 is 2.33 bits per heavy atom. The van der Waals surface area contributed by atoms with E-state index in [1.807, 2.05) is 0 Å². The average molecular weight is 275 g/mol. The molecule has 0 atom stereocenters. The Morgan fingerprint density at radius 2 is 1.94 bits per heavy atom. The number of benzene rings is 1. The van der Waals surface area contributed by atoms with Gasteiger partial charge in [0.2, 0.25) is 0 Å². The Labute approximate surface area is 105 Å². The van der Waals surface area contributed by atoms with E-state index in [9.17, 15) is 17.2 Å². The summed E-state index contributed by atoms with van der Waals surface area (Å²) in [5.41, 5.74) is 5.13. The molecule has 1 aromatic carbocycles. The molecule has 0 amide bonds. The molecule has 0 aromatic heterocycles. The van der Waals surface area contributed by atoms with Crippen molar-refractivity contribution >= 4 is 9.84 Å². The number of hydrogen-bond acceptors (Lipinski definition) is 3. The molecule has 1 aliphatic rings. The van der Waals surface area contributed by atoms with E-state index in [1.165, 1.54) is 0 Å². The van der Waals surface area contributed by atoms with E-state index in [2.05, 4.69) is 0 Å². The molecule has 6 heteroatoms. The predicted molar refractivity (Wildman–Crippen MR) is 64.1 cm³/mol. The molecule has 0 unspecified atom stereocenters. The predicted octanol–water partition coefficient (Wildman–Crippen LogP) is 1.75. The molecule has 100 valence electrons. The summed E-state index contributed by atoms with van der Waals surface area (Å²) in [6.45, 7) is 0.191. The smallest absolute Gasteiger partial charge is 0.178 e. The third-order valence-electron chi connectivity index (χ3n) is 3.68. The van der Waals surface area contributed by atoms with Gasteiger partial charge in [0.05, 0.1) is 0 Å². The minimum absolute atomic E-state index is 0.0941. The van der Waals surface area contributed by atoms with Gasteiger partial charge >= 0.3 is 0 Å². The summed E-state index contributed by atoms with van der Waals surface area (Å²) in [5, 5.41) is 0. The minimum Gasteiger partial charge on any atom is -0.330 e. The van der Waals surface area contributed by atoms with Crippen molar-refractivity contribution in [2.75, 3.05) is 12.8 Å². The van der Waals surface area contributed by atoms with E-state index in [0.717, 1.165) is 24.8 Å². The number of rotatable bonds is 3. The van der Waals surface area contributed by atoms with Gasteiger partial charge in [0.25, 0.3) is 0 Å². The molecule has 0 radical (unpaired) electrons. The van der Waals surface area contributed by atoms with Crippen LogP contribution in [-0.2, 0) is 15.3 Å². The van der Waals surface area contributed by atoms with Gasteiger partial charge in [-0.15, -0.1) is 0 Å². The molecule has 1 aliphatic carbocycles. The van der Waals surface area contributed by atoms with Crippen LogP contribution in [0.1, 0.15) is 24.8 Å². The van der Waals surface area contributed by atoms with Crippen LogP contribution in [0.25, 0.3) is 0 Å². The van der Waals surface area contributed by atoms with Gasteiger partial charge < -0.3 is 5.73 Å². The topological polar surface area (TPSA) is 60.2 Å². The van der Waals surface area contributed by atoms with Crippen LogP contribution in [0.4, 0.5) is 8.78 Å². The van der Waals surface area contributed by atoms with Crippen LogP contribution in [-0.4, -0.2) is 21.2 Å². The van der Waals surface area contributed by atoms with Gasteiger partial charge in [0.15, 0.2) is 9.84 Å². The molecular formula is C12H15F2NO2S. The maximum atomic E-state index is 14.3. The van der Waals surface area contributed by atoms with Gasteiger partial charge in [-0.2, -0.15) is 0 Å². The fraction of sp³-hybridized carbons (Fsp3) is 0.500. The monoisotopic (exact) mass is 275 g/mol. The largest absolute Gasteiger partial charge is 0.330 e. The third kappa shape index (κ3) is 2.03. The molecule has 3 nitrogen and oxygen atoms in total. The second kappa shape index (κ2) is 4.28. The van der Waals surface area contributed by atoms with E-state index in [0.29, 0.717) is 12.8 Å². The fourth-order valence-corrected chi connectivity index (χ4v) is 3.17. The van der Waals surface area contributed by atoms with Crippen molar-refractivity contribution in [3.8, 4) is 0 Å². The number of halogens is 2. The SMILES string of the molecule is CS(=O)(=O)c1cc(F)cc(C2(CN)CCC2)c1F. The highest BCUT2D eigenvalue weighted by atomic mass is 32.2. The van der Waals surface area contributed by atoms with E-state index in [-0.39, 0.29) is 12.1 Å². The lowest BCUT2D eigenvalue weighted by atomic mass is 9.64. The highest BCUT2D eigenvalue weighted by Crippen LogP contribution is 2.44. The molecule has 18 heavy (non-hydrogen) atoms. The first-order valence-corrected chi connectivity index (χ1v) is 7.59. The lowest BCUT2D eigenvalue weighted by Crippen LogP contribution is -2.42. The second-order valence-corrected chi connectivity index (χ2v) is 6.86. The van der Waals surface area contributed by atoms with Gasteiger partial charge in [-0.1, -0.05) is 6.42 Å². The Hall–Kier alpha value is -1.01. The average Bonchev–Trinajstić information content (AvgIpc) is 2.20. The van der Waals surface area contributed by atoms with Crippen molar-refractivity contribution in [1.82, 2.24) is 0 Å². The van der Waals surface area contributed by atoms with Crippen molar-refractivity contribution in [3.05, 3.63) is 29.3 Å².